The molecule has 0 bridgehead atoms. The van der Waals surface area contributed by atoms with Crippen LogP contribution < -0.4 is 5.73 Å². The molecule has 14 heavy (non-hydrogen) atoms. The molecule has 1 aromatic carbocycles. The van der Waals surface area contributed by atoms with E-state index in [0.29, 0.717) is 29.1 Å². The summed E-state index contributed by atoms with van der Waals surface area (Å²) in [6.45, 7) is 2.38. The van der Waals surface area contributed by atoms with Gasteiger partial charge in [-0.25, -0.2) is 4.39 Å². The van der Waals surface area contributed by atoms with Gasteiger partial charge >= 0.3 is 0 Å². The molecule has 0 amide bonds. The predicted octanol–water partition coefficient (Wildman–Crippen LogP) is 3.07. The van der Waals surface area contributed by atoms with Gasteiger partial charge in [-0.1, -0.05) is 11.6 Å². The summed E-state index contributed by atoms with van der Waals surface area (Å²) in [5, 5.41) is 0.603. The second-order valence-electron chi connectivity index (χ2n) is 3.44. The highest BCUT2D eigenvalue weighted by Crippen LogP contribution is 2.20. The molecule has 0 saturated carbocycles. The summed E-state index contributed by atoms with van der Waals surface area (Å²) in [7, 11) is 0. The van der Waals surface area contributed by atoms with Crippen molar-refractivity contribution >= 4 is 11.6 Å². The van der Waals surface area contributed by atoms with Gasteiger partial charge in [0.25, 0.3) is 0 Å². The van der Waals surface area contributed by atoms with Crippen molar-refractivity contribution in [3.05, 3.63) is 34.1 Å². The lowest BCUT2D eigenvalue weighted by Gasteiger charge is -2.06. The topological polar surface area (TPSA) is 26.0 Å². The number of benzene rings is 1. The fraction of sp³-hybridized carbons (Fsp3) is 0.455. The quantitative estimate of drug-likeness (QED) is 0.768. The van der Waals surface area contributed by atoms with Crippen LogP contribution >= 0.6 is 11.6 Å². The minimum Gasteiger partial charge on any atom is -0.330 e. The number of rotatable bonds is 4. The molecule has 0 spiro atoms. The van der Waals surface area contributed by atoms with Crippen LogP contribution in [0.1, 0.15) is 24.0 Å². The number of hydrogen-bond donors (Lipinski definition) is 1. The van der Waals surface area contributed by atoms with Gasteiger partial charge in [-0.15, -0.1) is 0 Å². The first kappa shape index (κ1) is 11.5. The number of unbranched alkanes of at least 4 members (excludes halogenated alkanes) is 1. The highest BCUT2D eigenvalue weighted by molar-refractivity contribution is 6.30. The Morgan fingerprint density at radius 1 is 1.36 bits per heavy atom. The molecular formula is C11H15ClFN. The van der Waals surface area contributed by atoms with E-state index in [1.807, 2.05) is 0 Å². The van der Waals surface area contributed by atoms with Crippen molar-refractivity contribution in [2.24, 2.45) is 5.73 Å². The summed E-state index contributed by atoms with van der Waals surface area (Å²) in [5.74, 6) is -0.133. The van der Waals surface area contributed by atoms with Crippen molar-refractivity contribution in [1.29, 1.82) is 0 Å². The van der Waals surface area contributed by atoms with Crippen LogP contribution in [0.3, 0.4) is 0 Å². The summed E-state index contributed by atoms with van der Waals surface area (Å²) < 4.78 is 13.5. The van der Waals surface area contributed by atoms with Gasteiger partial charge in [0.05, 0.1) is 0 Å². The van der Waals surface area contributed by atoms with E-state index < -0.39 is 0 Å². The Morgan fingerprint density at radius 2 is 2.07 bits per heavy atom. The molecule has 0 heterocycles. The van der Waals surface area contributed by atoms with Gasteiger partial charge in [0.1, 0.15) is 5.82 Å². The molecule has 0 unspecified atom stereocenters. The van der Waals surface area contributed by atoms with Crippen molar-refractivity contribution in [3.8, 4) is 0 Å². The smallest absolute Gasteiger partial charge is 0.129 e. The van der Waals surface area contributed by atoms with E-state index in [1.54, 1.807) is 19.1 Å². The maximum atomic E-state index is 13.5. The third-order valence-corrected chi connectivity index (χ3v) is 2.41. The van der Waals surface area contributed by atoms with E-state index in [4.69, 9.17) is 17.3 Å². The van der Waals surface area contributed by atoms with E-state index in [-0.39, 0.29) is 5.82 Å². The molecule has 0 atom stereocenters. The normalized spacial score (nSPS) is 10.6. The van der Waals surface area contributed by atoms with Gasteiger partial charge in [-0.05, 0) is 56.0 Å². The lowest BCUT2D eigenvalue weighted by molar-refractivity contribution is 0.592. The molecule has 0 radical (unpaired) electrons. The second kappa shape index (κ2) is 5.32. The Kier molecular flexibility index (Phi) is 4.36. The first-order valence-corrected chi connectivity index (χ1v) is 5.17. The number of nitrogens with two attached hydrogens (primary N) is 1. The molecule has 0 fully saturated rings. The van der Waals surface area contributed by atoms with Crippen LogP contribution in [0.15, 0.2) is 12.1 Å². The average Bonchev–Trinajstić information content (AvgIpc) is 2.13. The summed E-state index contributed by atoms with van der Waals surface area (Å²) in [4.78, 5) is 0. The van der Waals surface area contributed by atoms with Crippen LogP contribution in [0.5, 0.6) is 0 Å². The van der Waals surface area contributed by atoms with Gasteiger partial charge in [0.2, 0.25) is 0 Å². The summed E-state index contributed by atoms with van der Waals surface area (Å²) >= 11 is 5.84. The molecule has 0 aliphatic carbocycles. The summed E-state index contributed by atoms with van der Waals surface area (Å²) in [6, 6.07) is 3.34. The van der Waals surface area contributed by atoms with Crippen LogP contribution in [0.2, 0.25) is 5.02 Å². The monoisotopic (exact) mass is 215 g/mol. The van der Waals surface area contributed by atoms with Crippen LogP contribution in [0.4, 0.5) is 4.39 Å². The maximum Gasteiger partial charge on any atom is 0.129 e. The first-order chi connectivity index (χ1) is 6.65. The van der Waals surface area contributed by atoms with Gasteiger partial charge in [0.15, 0.2) is 0 Å². The number of aryl methyl sites for hydroxylation is 2. The Morgan fingerprint density at radius 3 is 2.71 bits per heavy atom. The van der Waals surface area contributed by atoms with Crippen LogP contribution in [-0.2, 0) is 6.42 Å². The molecule has 0 saturated heterocycles. The molecule has 0 aliphatic rings. The Labute approximate surface area is 89.1 Å². The lowest BCUT2D eigenvalue weighted by Crippen LogP contribution is -2.00. The predicted molar refractivity (Wildman–Crippen MR) is 58.1 cm³/mol. The SMILES string of the molecule is Cc1cc(Cl)cc(CCCCN)c1F. The van der Waals surface area contributed by atoms with Gasteiger partial charge in [0, 0.05) is 5.02 Å². The molecule has 3 heteroatoms. The van der Waals surface area contributed by atoms with Crippen molar-refractivity contribution in [3.63, 3.8) is 0 Å². The minimum atomic E-state index is -0.133. The van der Waals surface area contributed by atoms with Gasteiger partial charge < -0.3 is 5.73 Å². The zero-order chi connectivity index (χ0) is 10.6. The van der Waals surface area contributed by atoms with Gasteiger partial charge in [-0.2, -0.15) is 0 Å². The van der Waals surface area contributed by atoms with Crippen LogP contribution in [0.25, 0.3) is 0 Å². The third-order valence-electron chi connectivity index (χ3n) is 2.19. The molecule has 78 valence electrons. The van der Waals surface area contributed by atoms with Crippen LogP contribution in [-0.4, -0.2) is 6.54 Å². The van der Waals surface area contributed by atoms with E-state index in [0.717, 1.165) is 12.8 Å². The Balaban J connectivity index is 2.75. The molecule has 1 nitrogen and oxygen atoms in total. The Bertz CT molecular complexity index is 312. The first-order valence-electron chi connectivity index (χ1n) is 4.79. The van der Waals surface area contributed by atoms with Crippen molar-refractivity contribution in [2.75, 3.05) is 6.54 Å². The zero-order valence-electron chi connectivity index (χ0n) is 8.32. The lowest BCUT2D eigenvalue weighted by atomic mass is 10.0. The highest BCUT2D eigenvalue weighted by Gasteiger charge is 2.06. The second-order valence-corrected chi connectivity index (χ2v) is 3.88. The van der Waals surface area contributed by atoms with E-state index >= 15 is 0 Å². The van der Waals surface area contributed by atoms with Crippen LogP contribution in [0, 0.1) is 12.7 Å². The number of hydrogen-bond acceptors (Lipinski definition) is 1. The maximum absolute atomic E-state index is 13.5. The van der Waals surface area contributed by atoms with Crippen molar-refractivity contribution < 1.29 is 4.39 Å². The van der Waals surface area contributed by atoms with Gasteiger partial charge in [-0.3, -0.25) is 0 Å². The standard InChI is InChI=1S/C11H15ClFN/c1-8-6-10(12)7-9(11(8)13)4-2-3-5-14/h6-7H,2-5,14H2,1H3. The molecule has 1 rings (SSSR count). The summed E-state index contributed by atoms with van der Waals surface area (Å²) in [5.41, 5.74) is 6.68. The molecule has 0 aliphatic heterocycles. The molecular weight excluding hydrogens is 201 g/mol. The van der Waals surface area contributed by atoms with Crippen molar-refractivity contribution in [1.82, 2.24) is 0 Å². The van der Waals surface area contributed by atoms with E-state index in [9.17, 15) is 4.39 Å². The van der Waals surface area contributed by atoms with E-state index in [1.165, 1.54) is 0 Å². The molecule has 2 N–H and O–H groups in total. The fourth-order valence-corrected chi connectivity index (χ4v) is 1.73. The minimum absolute atomic E-state index is 0.133. The number of halogens is 2. The third kappa shape index (κ3) is 2.96. The molecule has 0 aromatic heterocycles. The largest absolute Gasteiger partial charge is 0.330 e. The highest BCUT2D eigenvalue weighted by atomic mass is 35.5. The molecule has 1 aromatic rings. The average molecular weight is 216 g/mol. The fourth-order valence-electron chi connectivity index (χ4n) is 1.44. The van der Waals surface area contributed by atoms with E-state index in [2.05, 4.69) is 0 Å². The Hall–Kier alpha value is -0.600. The zero-order valence-corrected chi connectivity index (χ0v) is 9.07. The summed E-state index contributed by atoms with van der Waals surface area (Å²) in [6.07, 6.45) is 2.54. The van der Waals surface area contributed by atoms with Crippen molar-refractivity contribution in [2.45, 2.75) is 26.2 Å².